The van der Waals surface area contributed by atoms with Gasteiger partial charge in [-0.1, -0.05) is 121 Å². The Hall–Kier alpha value is -4.69. The normalized spacial score (nSPS) is 15.5. The monoisotopic (exact) mass is 521 g/mol. The molecule has 4 aromatic carbocycles. The lowest BCUT2D eigenvalue weighted by atomic mass is 9.81. The molecule has 1 aliphatic heterocycles. The third-order valence-corrected chi connectivity index (χ3v) is 7.42. The quantitative estimate of drug-likeness (QED) is 0.297. The maximum absolute atomic E-state index is 11.9. The first kappa shape index (κ1) is 26.9. The minimum atomic E-state index is 0.0841. The van der Waals surface area contributed by atoms with E-state index in [0.29, 0.717) is 5.78 Å². The van der Waals surface area contributed by atoms with Crippen LogP contribution in [0.15, 0.2) is 134 Å². The van der Waals surface area contributed by atoms with E-state index < -0.39 is 0 Å². The van der Waals surface area contributed by atoms with Gasteiger partial charge in [0.25, 0.3) is 0 Å². The highest BCUT2D eigenvalue weighted by atomic mass is 16.1. The van der Waals surface area contributed by atoms with Crippen LogP contribution in [0.2, 0.25) is 0 Å². The molecule has 1 N–H and O–H groups in total. The lowest BCUT2D eigenvalue weighted by Gasteiger charge is -2.22. The summed E-state index contributed by atoms with van der Waals surface area (Å²) in [6, 6.07) is 33.8. The number of carbonyl (C=O) groups excluding carboxylic acids is 1. The molecule has 7 rings (SSSR count). The first-order valence-corrected chi connectivity index (χ1v) is 14.0. The molecule has 0 fully saturated rings. The molecule has 0 amide bonds. The maximum Gasteiger partial charge on any atom is 0.137 e. The van der Waals surface area contributed by atoms with Crippen molar-refractivity contribution in [3.63, 3.8) is 0 Å². The van der Waals surface area contributed by atoms with Crippen LogP contribution < -0.4 is 15.8 Å². The van der Waals surface area contributed by atoms with Crippen molar-refractivity contribution in [3.8, 4) is 22.3 Å². The van der Waals surface area contributed by atoms with E-state index in [1.165, 1.54) is 43.8 Å². The fraction of sp³-hybridized carbons (Fsp3) is 0.132. The van der Waals surface area contributed by atoms with Gasteiger partial charge in [-0.25, -0.2) is 0 Å². The van der Waals surface area contributed by atoms with E-state index in [-0.39, 0.29) is 5.92 Å². The lowest BCUT2D eigenvalue weighted by Crippen LogP contribution is -2.36. The first-order chi connectivity index (χ1) is 19.7. The molecule has 4 aromatic rings. The van der Waals surface area contributed by atoms with Crippen LogP contribution in [-0.4, -0.2) is 5.78 Å². The van der Waals surface area contributed by atoms with Crippen molar-refractivity contribution in [2.24, 2.45) is 0 Å². The van der Waals surface area contributed by atoms with Gasteiger partial charge in [-0.3, -0.25) is 4.79 Å². The van der Waals surface area contributed by atoms with Gasteiger partial charge in [-0.2, -0.15) is 0 Å². The fourth-order valence-electron chi connectivity index (χ4n) is 5.45. The SMILES string of the molecule is C1=CC=CNC=C1.CC(=O)C1CCC=c2c1ccc1c2=CCc2ccccc2-1.c1ccc(-c2ccccc2)cc1. The Morgan fingerprint density at radius 2 is 1.27 bits per heavy atom. The molecule has 0 spiro atoms. The van der Waals surface area contributed by atoms with E-state index in [9.17, 15) is 4.79 Å². The third kappa shape index (κ3) is 6.47. The number of hydrogen-bond donors (Lipinski definition) is 1. The van der Waals surface area contributed by atoms with E-state index >= 15 is 0 Å². The minimum absolute atomic E-state index is 0.0841. The van der Waals surface area contributed by atoms with Gasteiger partial charge in [0.1, 0.15) is 5.78 Å². The van der Waals surface area contributed by atoms with E-state index in [2.05, 4.69) is 102 Å². The van der Waals surface area contributed by atoms with Crippen molar-refractivity contribution < 1.29 is 4.79 Å². The number of Topliss-reactive ketones (excluding diaryl/α,β-unsaturated/α-hetero) is 1. The zero-order valence-electron chi connectivity index (χ0n) is 23.0. The molecule has 0 bridgehead atoms. The number of hydrogen-bond acceptors (Lipinski definition) is 2. The van der Waals surface area contributed by atoms with Gasteiger partial charge in [0.15, 0.2) is 0 Å². The zero-order valence-corrected chi connectivity index (χ0v) is 23.0. The topological polar surface area (TPSA) is 29.1 Å². The second kappa shape index (κ2) is 13.4. The highest BCUT2D eigenvalue weighted by molar-refractivity contribution is 5.85. The summed E-state index contributed by atoms with van der Waals surface area (Å²) in [4.78, 5) is 11.9. The molecule has 2 nitrogen and oxygen atoms in total. The van der Waals surface area contributed by atoms with Gasteiger partial charge in [-0.15, -0.1) is 0 Å². The molecule has 0 aromatic heterocycles. The fourth-order valence-corrected chi connectivity index (χ4v) is 5.45. The van der Waals surface area contributed by atoms with Crippen molar-refractivity contribution in [1.29, 1.82) is 0 Å². The van der Waals surface area contributed by atoms with Gasteiger partial charge in [-0.05, 0) is 82.2 Å². The molecule has 1 unspecified atom stereocenters. The van der Waals surface area contributed by atoms with E-state index in [1.54, 1.807) is 6.92 Å². The van der Waals surface area contributed by atoms with Crippen molar-refractivity contribution in [2.45, 2.75) is 32.1 Å². The van der Waals surface area contributed by atoms with Crippen LogP contribution in [0.4, 0.5) is 0 Å². The summed E-state index contributed by atoms with van der Waals surface area (Å²) in [5, 5.41) is 5.55. The number of allylic oxidation sites excluding steroid dienone is 4. The molecule has 198 valence electrons. The lowest BCUT2D eigenvalue weighted by molar-refractivity contribution is -0.118. The van der Waals surface area contributed by atoms with Crippen LogP contribution in [0.3, 0.4) is 0 Å². The zero-order chi connectivity index (χ0) is 27.6. The Morgan fingerprint density at radius 3 is 1.93 bits per heavy atom. The molecule has 1 heterocycles. The van der Waals surface area contributed by atoms with Gasteiger partial charge in [0, 0.05) is 18.3 Å². The average molecular weight is 522 g/mol. The molecule has 40 heavy (non-hydrogen) atoms. The van der Waals surface area contributed by atoms with Crippen molar-refractivity contribution in [3.05, 3.63) is 155 Å². The number of ketones is 1. The summed E-state index contributed by atoms with van der Waals surface area (Å²) < 4.78 is 0. The predicted molar refractivity (Wildman–Crippen MR) is 169 cm³/mol. The molecule has 3 aliphatic rings. The van der Waals surface area contributed by atoms with Gasteiger partial charge < -0.3 is 5.32 Å². The Bertz CT molecular complexity index is 1610. The minimum Gasteiger partial charge on any atom is -0.368 e. The third-order valence-electron chi connectivity index (χ3n) is 7.42. The summed E-state index contributed by atoms with van der Waals surface area (Å²) in [6.07, 6.45) is 19.2. The molecule has 2 aliphatic carbocycles. The van der Waals surface area contributed by atoms with E-state index in [1.807, 2.05) is 48.8 Å². The van der Waals surface area contributed by atoms with Gasteiger partial charge in [0.2, 0.25) is 0 Å². The largest absolute Gasteiger partial charge is 0.368 e. The van der Waals surface area contributed by atoms with Crippen LogP contribution in [0.25, 0.3) is 34.4 Å². The Labute approximate surface area is 237 Å². The Kier molecular flexibility index (Phi) is 9.01. The standard InChI is InChI=1S/C20H18O.C12H10.C6H7N/c1-13(21)15-7-4-8-17-18(15)11-12-19-16-6-3-2-5-14(16)9-10-20(17)19;1-3-7-11(8-4-1)12-9-5-2-6-10-12;1-2-4-6-7-5-3-1/h2-3,5-6,8,10-12,15H,4,7,9H2,1H3;1-10H;1-7H. The number of benzene rings is 4. The van der Waals surface area contributed by atoms with Crippen LogP contribution in [0.1, 0.15) is 36.8 Å². The second-order valence-corrected chi connectivity index (χ2v) is 10.0. The van der Waals surface area contributed by atoms with Crippen molar-refractivity contribution in [2.75, 3.05) is 0 Å². The van der Waals surface area contributed by atoms with Crippen LogP contribution >= 0.6 is 0 Å². The van der Waals surface area contributed by atoms with E-state index in [0.717, 1.165) is 19.3 Å². The molecular formula is C38H35NO. The first-order valence-electron chi connectivity index (χ1n) is 14.0. The van der Waals surface area contributed by atoms with Gasteiger partial charge >= 0.3 is 0 Å². The Morgan fingerprint density at radius 1 is 0.650 bits per heavy atom. The van der Waals surface area contributed by atoms with Crippen molar-refractivity contribution in [1.82, 2.24) is 5.32 Å². The van der Waals surface area contributed by atoms with Crippen molar-refractivity contribution >= 4 is 17.9 Å². The number of nitrogens with one attached hydrogen (secondary N) is 1. The molecule has 2 heteroatoms. The highest BCUT2D eigenvalue weighted by Gasteiger charge is 2.22. The summed E-state index contributed by atoms with van der Waals surface area (Å²) in [6.45, 7) is 1.72. The van der Waals surface area contributed by atoms with E-state index in [4.69, 9.17) is 0 Å². The molecule has 0 saturated heterocycles. The summed E-state index contributed by atoms with van der Waals surface area (Å²) in [5.41, 5.74) is 7.83. The predicted octanol–water partition coefficient (Wildman–Crippen LogP) is 7.46. The second-order valence-electron chi connectivity index (χ2n) is 10.0. The molecule has 0 radical (unpaired) electrons. The number of carbonyl (C=O) groups is 1. The summed E-state index contributed by atoms with van der Waals surface area (Å²) in [5.74, 6) is 0.376. The van der Waals surface area contributed by atoms with Crippen LogP contribution in [-0.2, 0) is 11.2 Å². The highest BCUT2D eigenvalue weighted by Crippen LogP contribution is 2.28. The molecule has 0 saturated carbocycles. The number of fused-ring (bicyclic) bond motifs is 5. The summed E-state index contributed by atoms with van der Waals surface area (Å²) in [7, 11) is 0. The summed E-state index contributed by atoms with van der Waals surface area (Å²) >= 11 is 0. The van der Waals surface area contributed by atoms with Crippen LogP contribution in [0, 0.1) is 0 Å². The number of rotatable bonds is 2. The Balaban J connectivity index is 0.000000142. The van der Waals surface area contributed by atoms with Gasteiger partial charge in [0.05, 0.1) is 0 Å². The molecule has 1 atom stereocenters. The maximum atomic E-state index is 11.9. The smallest absolute Gasteiger partial charge is 0.137 e. The van der Waals surface area contributed by atoms with Crippen LogP contribution in [0.5, 0.6) is 0 Å². The molecular weight excluding hydrogens is 486 g/mol. The average Bonchev–Trinajstić information content (AvgIpc) is 3.35.